The van der Waals surface area contributed by atoms with E-state index in [0.717, 1.165) is 5.56 Å². The number of amides is 2. The highest BCUT2D eigenvalue weighted by molar-refractivity contribution is 6.02. The van der Waals surface area contributed by atoms with Gasteiger partial charge in [0, 0.05) is 12.6 Å². The highest BCUT2D eigenvalue weighted by Crippen LogP contribution is 2.41. The molecule has 2 aromatic rings. The van der Waals surface area contributed by atoms with Gasteiger partial charge in [-0.1, -0.05) is 37.3 Å². The largest absolute Gasteiger partial charge is 0.410 e. The average Bonchev–Trinajstić information content (AvgIpc) is 2.63. The van der Waals surface area contributed by atoms with E-state index in [2.05, 4.69) is 4.98 Å². The monoisotopic (exact) mass is 391 g/mol. The number of imide groups is 1. The van der Waals surface area contributed by atoms with E-state index in [0.29, 0.717) is 10.5 Å². The maximum Gasteiger partial charge on any atom is 0.410 e. The van der Waals surface area contributed by atoms with E-state index >= 15 is 0 Å². The summed E-state index contributed by atoms with van der Waals surface area (Å²) in [6.45, 7) is 1.75. The Kier molecular flexibility index (Phi) is 5.40. The Balaban J connectivity index is 1.75. The molecule has 0 radical (unpaired) electrons. The lowest BCUT2D eigenvalue weighted by Gasteiger charge is -2.46. The third kappa shape index (κ3) is 4.00. The molecular formula is C20H20F3N3O2. The smallest absolute Gasteiger partial charge is 0.384 e. The molecule has 8 heteroatoms. The van der Waals surface area contributed by atoms with Crippen LogP contribution in [0.4, 0.5) is 19.0 Å². The zero-order chi connectivity index (χ0) is 20.5. The van der Waals surface area contributed by atoms with Gasteiger partial charge >= 0.3 is 6.18 Å². The number of hydrogen-bond donors (Lipinski definition) is 1. The molecule has 1 fully saturated rings. The number of benzene rings is 1. The van der Waals surface area contributed by atoms with Crippen molar-refractivity contribution in [3.8, 4) is 0 Å². The van der Waals surface area contributed by atoms with Gasteiger partial charge in [0.1, 0.15) is 11.9 Å². The molecule has 2 heterocycles. The second kappa shape index (κ2) is 7.61. The summed E-state index contributed by atoms with van der Waals surface area (Å²) in [6, 6.07) is 9.82. The summed E-state index contributed by atoms with van der Waals surface area (Å²) < 4.78 is 40.8. The summed E-state index contributed by atoms with van der Waals surface area (Å²) >= 11 is 0. The third-order valence-electron chi connectivity index (χ3n) is 4.97. The van der Waals surface area contributed by atoms with Crippen LogP contribution in [0.5, 0.6) is 0 Å². The van der Waals surface area contributed by atoms with E-state index in [1.807, 2.05) is 6.07 Å². The van der Waals surface area contributed by atoms with Crippen LogP contribution in [0.25, 0.3) is 0 Å². The van der Waals surface area contributed by atoms with Gasteiger partial charge in [0.2, 0.25) is 11.8 Å². The number of likely N-dealkylation sites (tertiary alicyclic amines) is 1. The van der Waals surface area contributed by atoms with Crippen LogP contribution in [0.2, 0.25) is 0 Å². The Labute approximate surface area is 160 Å². The van der Waals surface area contributed by atoms with Crippen molar-refractivity contribution in [3.05, 3.63) is 59.8 Å². The van der Waals surface area contributed by atoms with Crippen molar-refractivity contribution in [1.29, 1.82) is 0 Å². The molecule has 2 N–H and O–H groups in total. The minimum atomic E-state index is -4.69. The number of anilines is 1. The molecule has 5 nitrogen and oxygen atoms in total. The number of nitrogens with two attached hydrogens (primary N) is 1. The Hall–Kier alpha value is -2.90. The molecule has 1 aliphatic heterocycles. The van der Waals surface area contributed by atoms with Crippen LogP contribution >= 0.6 is 0 Å². The number of halogens is 3. The topological polar surface area (TPSA) is 76.3 Å². The van der Waals surface area contributed by atoms with Crippen molar-refractivity contribution in [1.82, 2.24) is 9.88 Å². The van der Waals surface area contributed by atoms with Crippen molar-refractivity contribution in [2.75, 3.05) is 5.73 Å². The Morgan fingerprint density at radius 2 is 1.93 bits per heavy atom. The van der Waals surface area contributed by atoms with E-state index in [9.17, 15) is 22.8 Å². The minimum absolute atomic E-state index is 0.145. The SMILES string of the molecule is C[C@@H](CC(=O)N1C(=O)[C@H](Cc2ccnc(N)c2)[C@H]1C(F)(F)F)c1ccccc1. The molecule has 1 aromatic carbocycles. The molecule has 28 heavy (non-hydrogen) atoms. The van der Waals surface area contributed by atoms with Gasteiger partial charge in [0.15, 0.2) is 0 Å². The summed E-state index contributed by atoms with van der Waals surface area (Å²) in [7, 11) is 0. The van der Waals surface area contributed by atoms with Crippen molar-refractivity contribution < 1.29 is 22.8 Å². The quantitative estimate of drug-likeness (QED) is 0.794. The zero-order valence-corrected chi connectivity index (χ0v) is 15.2. The zero-order valence-electron chi connectivity index (χ0n) is 15.2. The molecule has 0 unspecified atom stereocenters. The number of hydrogen-bond acceptors (Lipinski definition) is 4. The van der Waals surface area contributed by atoms with Gasteiger partial charge in [0.05, 0.1) is 5.92 Å². The summed E-state index contributed by atoms with van der Waals surface area (Å²) in [6.07, 6.45) is -3.63. The molecule has 3 rings (SSSR count). The van der Waals surface area contributed by atoms with E-state index in [1.54, 1.807) is 31.2 Å². The van der Waals surface area contributed by atoms with Crippen LogP contribution < -0.4 is 5.73 Å². The van der Waals surface area contributed by atoms with Gasteiger partial charge in [-0.05, 0) is 35.6 Å². The van der Waals surface area contributed by atoms with Crippen molar-refractivity contribution >= 4 is 17.6 Å². The molecular weight excluding hydrogens is 371 g/mol. The van der Waals surface area contributed by atoms with Crippen LogP contribution in [0.1, 0.15) is 30.4 Å². The third-order valence-corrected chi connectivity index (χ3v) is 4.97. The normalized spacial score (nSPS) is 20.6. The summed E-state index contributed by atoms with van der Waals surface area (Å²) in [5, 5.41) is 0. The number of carbonyl (C=O) groups excluding carboxylic acids is 2. The highest BCUT2D eigenvalue weighted by atomic mass is 19.4. The standard InChI is InChI=1S/C20H20F3N3O2/c1-12(14-5-3-2-4-6-14)9-17(27)26-18(20(21,22)23)15(19(26)28)10-13-7-8-25-16(24)11-13/h2-8,11-12,15,18H,9-10H2,1H3,(H2,24,25)/t12-,15+,18-/m0/s1. The molecule has 3 atom stereocenters. The fourth-order valence-corrected chi connectivity index (χ4v) is 3.54. The van der Waals surface area contributed by atoms with E-state index in [-0.39, 0.29) is 24.6 Å². The van der Waals surface area contributed by atoms with Gasteiger partial charge in [-0.2, -0.15) is 13.2 Å². The number of carbonyl (C=O) groups is 2. The number of nitrogens with zero attached hydrogens (tertiary/aromatic N) is 2. The molecule has 2 amide bonds. The maximum atomic E-state index is 13.6. The van der Waals surface area contributed by atoms with Gasteiger partial charge in [0.25, 0.3) is 0 Å². The summed E-state index contributed by atoms with van der Waals surface area (Å²) in [5.41, 5.74) is 6.86. The van der Waals surface area contributed by atoms with E-state index in [1.165, 1.54) is 18.3 Å². The molecule has 1 aliphatic rings. The first-order valence-electron chi connectivity index (χ1n) is 8.86. The van der Waals surface area contributed by atoms with Gasteiger partial charge in [-0.3, -0.25) is 14.5 Å². The average molecular weight is 391 g/mol. The Bertz CT molecular complexity index is 870. The predicted octanol–water partition coefficient (Wildman–Crippen LogP) is 3.32. The number of rotatable bonds is 5. The maximum absolute atomic E-state index is 13.6. The van der Waals surface area contributed by atoms with Gasteiger partial charge in [-0.15, -0.1) is 0 Å². The second-order valence-electron chi connectivity index (χ2n) is 7.00. The first kappa shape index (κ1) is 19.9. The first-order chi connectivity index (χ1) is 13.2. The minimum Gasteiger partial charge on any atom is -0.384 e. The van der Waals surface area contributed by atoms with E-state index in [4.69, 9.17) is 5.73 Å². The molecule has 1 aromatic heterocycles. The number of nitrogen functional groups attached to an aromatic ring is 1. The van der Waals surface area contributed by atoms with Crippen LogP contribution in [0.3, 0.4) is 0 Å². The lowest BCUT2D eigenvalue weighted by atomic mass is 9.81. The fourth-order valence-electron chi connectivity index (χ4n) is 3.54. The molecule has 0 spiro atoms. The van der Waals surface area contributed by atoms with E-state index < -0.39 is 30.0 Å². The Morgan fingerprint density at radius 3 is 2.54 bits per heavy atom. The first-order valence-corrected chi connectivity index (χ1v) is 8.86. The molecule has 0 bridgehead atoms. The molecule has 0 saturated carbocycles. The lowest BCUT2D eigenvalue weighted by Crippen LogP contribution is -2.69. The van der Waals surface area contributed by atoms with Gasteiger partial charge in [-0.25, -0.2) is 4.98 Å². The van der Waals surface area contributed by atoms with Crippen LogP contribution in [-0.2, 0) is 16.0 Å². The summed E-state index contributed by atoms with van der Waals surface area (Å²) in [4.78, 5) is 29.1. The molecule has 0 aliphatic carbocycles. The molecule has 1 saturated heterocycles. The van der Waals surface area contributed by atoms with Crippen LogP contribution in [0, 0.1) is 5.92 Å². The fraction of sp³-hybridized carbons (Fsp3) is 0.350. The highest BCUT2D eigenvalue weighted by Gasteiger charge is 2.62. The van der Waals surface area contributed by atoms with Gasteiger partial charge < -0.3 is 5.73 Å². The molecule has 148 valence electrons. The lowest BCUT2D eigenvalue weighted by molar-refractivity contribution is -0.229. The number of alkyl halides is 3. The van der Waals surface area contributed by atoms with Crippen molar-refractivity contribution in [2.24, 2.45) is 5.92 Å². The second-order valence-corrected chi connectivity index (χ2v) is 7.00. The summed E-state index contributed by atoms with van der Waals surface area (Å²) in [5.74, 6) is -3.08. The van der Waals surface area contributed by atoms with Crippen molar-refractivity contribution in [2.45, 2.75) is 37.9 Å². The number of pyridine rings is 1. The van der Waals surface area contributed by atoms with Crippen LogP contribution in [0.15, 0.2) is 48.7 Å². The predicted molar refractivity (Wildman–Crippen MR) is 97.0 cm³/mol. The van der Waals surface area contributed by atoms with Crippen LogP contribution in [-0.4, -0.2) is 33.9 Å². The number of aromatic nitrogens is 1. The number of β-lactam (4-membered cyclic amide) rings is 1. The van der Waals surface area contributed by atoms with Crippen molar-refractivity contribution in [3.63, 3.8) is 0 Å². The Morgan fingerprint density at radius 1 is 1.25 bits per heavy atom.